The van der Waals surface area contributed by atoms with Crippen molar-refractivity contribution >= 4 is 0 Å². The fourth-order valence-electron chi connectivity index (χ4n) is 3.82. The van der Waals surface area contributed by atoms with Gasteiger partial charge in [0, 0.05) is 0 Å². The Bertz CT molecular complexity index is 213. The molecule has 0 aliphatic heterocycles. The minimum atomic E-state index is -0.284. The van der Waals surface area contributed by atoms with Crippen LogP contribution in [0.25, 0.3) is 0 Å². The zero-order valence-corrected chi connectivity index (χ0v) is 10.3. The molecule has 0 heterocycles. The molecule has 1 heteroatoms. The zero-order valence-electron chi connectivity index (χ0n) is 10.3. The highest BCUT2D eigenvalue weighted by Crippen LogP contribution is 2.46. The van der Waals surface area contributed by atoms with Gasteiger partial charge in [0.25, 0.3) is 0 Å². The van der Waals surface area contributed by atoms with Gasteiger partial charge in [0.15, 0.2) is 0 Å². The van der Waals surface area contributed by atoms with Gasteiger partial charge in [-0.2, -0.15) is 0 Å². The summed E-state index contributed by atoms with van der Waals surface area (Å²) in [5, 5.41) is 10.7. The minimum Gasteiger partial charge on any atom is -0.390 e. The molecule has 2 aliphatic carbocycles. The standard InChI is InChI=1S/C14H26O/c1-3-12-5-4-6-13(9-12)14(15)8-7-11(2)10-14/h11-13,15H,3-10H2,1-2H3. The van der Waals surface area contributed by atoms with Crippen LogP contribution in [0.2, 0.25) is 0 Å². The molecule has 0 amide bonds. The molecule has 4 atom stereocenters. The summed E-state index contributed by atoms with van der Waals surface area (Å²) in [5.74, 6) is 2.25. The van der Waals surface area contributed by atoms with Crippen LogP contribution in [-0.4, -0.2) is 10.7 Å². The Kier molecular flexibility index (Phi) is 3.39. The smallest absolute Gasteiger partial charge is 0.0678 e. The Morgan fingerprint density at radius 1 is 1.27 bits per heavy atom. The molecule has 4 unspecified atom stereocenters. The van der Waals surface area contributed by atoms with E-state index in [4.69, 9.17) is 0 Å². The monoisotopic (exact) mass is 210 g/mol. The lowest BCUT2D eigenvalue weighted by molar-refractivity contribution is -0.0384. The van der Waals surface area contributed by atoms with Gasteiger partial charge in [-0.05, 0) is 49.9 Å². The molecule has 15 heavy (non-hydrogen) atoms. The summed E-state index contributed by atoms with van der Waals surface area (Å²) in [6, 6.07) is 0. The van der Waals surface area contributed by atoms with Crippen molar-refractivity contribution in [2.24, 2.45) is 17.8 Å². The fraction of sp³-hybridized carbons (Fsp3) is 1.00. The molecule has 0 aromatic heterocycles. The third-order valence-corrected chi connectivity index (χ3v) is 4.89. The normalized spacial score (nSPS) is 47.0. The fourth-order valence-corrected chi connectivity index (χ4v) is 3.82. The largest absolute Gasteiger partial charge is 0.390 e. The second-order valence-electron chi connectivity index (χ2n) is 6.09. The molecule has 0 radical (unpaired) electrons. The van der Waals surface area contributed by atoms with E-state index in [2.05, 4.69) is 13.8 Å². The van der Waals surface area contributed by atoms with Crippen molar-refractivity contribution in [3.05, 3.63) is 0 Å². The second-order valence-corrected chi connectivity index (χ2v) is 6.09. The van der Waals surface area contributed by atoms with Gasteiger partial charge in [0.1, 0.15) is 0 Å². The van der Waals surface area contributed by atoms with Crippen molar-refractivity contribution in [3.8, 4) is 0 Å². The van der Waals surface area contributed by atoms with E-state index < -0.39 is 0 Å². The van der Waals surface area contributed by atoms with Crippen LogP contribution in [0.3, 0.4) is 0 Å². The molecular weight excluding hydrogens is 184 g/mol. The van der Waals surface area contributed by atoms with Crippen molar-refractivity contribution in [2.45, 2.75) is 70.8 Å². The number of aliphatic hydroxyl groups is 1. The molecule has 88 valence electrons. The molecule has 1 nitrogen and oxygen atoms in total. The second kappa shape index (κ2) is 4.45. The van der Waals surface area contributed by atoms with Gasteiger partial charge in [-0.15, -0.1) is 0 Å². The number of rotatable bonds is 2. The first-order chi connectivity index (χ1) is 7.14. The van der Waals surface area contributed by atoms with Crippen LogP contribution in [0.15, 0.2) is 0 Å². The van der Waals surface area contributed by atoms with E-state index in [0.29, 0.717) is 5.92 Å². The van der Waals surface area contributed by atoms with E-state index in [1.54, 1.807) is 0 Å². The van der Waals surface area contributed by atoms with Gasteiger partial charge in [-0.3, -0.25) is 0 Å². The highest BCUT2D eigenvalue weighted by atomic mass is 16.3. The Morgan fingerprint density at radius 3 is 2.67 bits per heavy atom. The molecule has 2 aliphatic rings. The van der Waals surface area contributed by atoms with Crippen molar-refractivity contribution in [3.63, 3.8) is 0 Å². The van der Waals surface area contributed by atoms with Gasteiger partial charge >= 0.3 is 0 Å². The van der Waals surface area contributed by atoms with E-state index in [-0.39, 0.29) is 5.60 Å². The van der Waals surface area contributed by atoms with Gasteiger partial charge in [-0.25, -0.2) is 0 Å². The minimum absolute atomic E-state index is 0.284. The summed E-state index contributed by atoms with van der Waals surface area (Å²) >= 11 is 0. The summed E-state index contributed by atoms with van der Waals surface area (Å²) in [5.41, 5.74) is -0.284. The zero-order chi connectivity index (χ0) is 10.9. The van der Waals surface area contributed by atoms with E-state index in [9.17, 15) is 5.11 Å². The van der Waals surface area contributed by atoms with Gasteiger partial charge in [0.2, 0.25) is 0 Å². The highest BCUT2D eigenvalue weighted by Gasteiger charge is 2.43. The van der Waals surface area contributed by atoms with Gasteiger partial charge in [0.05, 0.1) is 5.60 Å². The van der Waals surface area contributed by atoms with E-state index in [1.165, 1.54) is 38.5 Å². The van der Waals surface area contributed by atoms with Crippen molar-refractivity contribution in [2.75, 3.05) is 0 Å². The Morgan fingerprint density at radius 2 is 2.07 bits per heavy atom. The predicted octanol–water partition coefficient (Wildman–Crippen LogP) is 3.75. The molecular formula is C14H26O. The van der Waals surface area contributed by atoms with Crippen molar-refractivity contribution < 1.29 is 5.11 Å². The first-order valence-electron chi connectivity index (χ1n) is 6.86. The summed E-state index contributed by atoms with van der Waals surface area (Å²) < 4.78 is 0. The maximum Gasteiger partial charge on any atom is 0.0678 e. The maximum absolute atomic E-state index is 10.7. The maximum atomic E-state index is 10.7. The SMILES string of the molecule is CCC1CCCC(C2(O)CCC(C)C2)C1. The van der Waals surface area contributed by atoms with Crippen LogP contribution in [0.1, 0.15) is 65.2 Å². The Hall–Kier alpha value is -0.0400. The van der Waals surface area contributed by atoms with Gasteiger partial charge in [-0.1, -0.05) is 33.1 Å². The lowest BCUT2D eigenvalue weighted by Gasteiger charge is -2.38. The van der Waals surface area contributed by atoms with Crippen LogP contribution in [0.5, 0.6) is 0 Å². The molecule has 1 N–H and O–H groups in total. The highest BCUT2D eigenvalue weighted by molar-refractivity contribution is 4.95. The van der Waals surface area contributed by atoms with Crippen LogP contribution in [0.4, 0.5) is 0 Å². The van der Waals surface area contributed by atoms with Crippen LogP contribution >= 0.6 is 0 Å². The van der Waals surface area contributed by atoms with Crippen LogP contribution in [-0.2, 0) is 0 Å². The summed E-state index contributed by atoms with van der Waals surface area (Å²) in [6.07, 6.45) is 9.99. The van der Waals surface area contributed by atoms with Crippen molar-refractivity contribution in [1.82, 2.24) is 0 Å². The quantitative estimate of drug-likeness (QED) is 0.736. The lowest BCUT2D eigenvalue weighted by atomic mass is 9.71. The predicted molar refractivity (Wildman–Crippen MR) is 63.7 cm³/mol. The third kappa shape index (κ3) is 2.38. The van der Waals surface area contributed by atoms with Crippen LogP contribution in [0, 0.1) is 17.8 Å². The Balaban J connectivity index is 1.97. The summed E-state index contributed by atoms with van der Waals surface area (Å²) in [4.78, 5) is 0. The van der Waals surface area contributed by atoms with Crippen LogP contribution < -0.4 is 0 Å². The van der Waals surface area contributed by atoms with Gasteiger partial charge < -0.3 is 5.11 Å². The molecule has 0 bridgehead atoms. The molecule has 0 spiro atoms. The molecule has 2 saturated carbocycles. The molecule has 0 aromatic carbocycles. The number of hydrogen-bond donors (Lipinski definition) is 1. The lowest BCUT2D eigenvalue weighted by Crippen LogP contribution is -2.38. The van der Waals surface area contributed by atoms with Crippen molar-refractivity contribution in [1.29, 1.82) is 0 Å². The average molecular weight is 210 g/mol. The summed E-state index contributed by atoms with van der Waals surface area (Å²) in [6.45, 7) is 4.59. The molecule has 0 aromatic rings. The van der Waals surface area contributed by atoms with E-state index in [1.807, 2.05) is 0 Å². The molecule has 2 rings (SSSR count). The first kappa shape index (κ1) is 11.4. The average Bonchev–Trinajstić information content (AvgIpc) is 2.60. The third-order valence-electron chi connectivity index (χ3n) is 4.89. The van der Waals surface area contributed by atoms with E-state index >= 15 is 0 Å². The molecule has 2 fully saturated rings. The first-order valence-corrected chi connectivity index (χ1v) is 6.86. The molecule has 0 saturated heterocycles. The summed E-state index contributed by atoms with van der Waals surface area (Å²) in [7, 11) is 0. The topological polar surface area (TPSA) is 20.2 Å². The number of hydrogen-bond acceptors (Lipinski definition) is 1. The Labute approximate surface area is 94.3 Å². The van der Waals surface area contributed by atoms with E-state index in [0.717, 1.165) is 24.7 Å².